The van der Waals surface area contributed by atoms with Gasteiger partial charge in [-0.15, -0.1) is 0 Å². The lowest BCUT2D eigenvalue weighted by Gasteiger charge is -2.23. The molecule has 3 rings (SSSR count). The number of nitrogens with zero attached hydrogens (tertiary/aromatic N) is 2. The lowest BCUT2D eigenvalue weighted by molar-refractivity contribution is -0.139. The van der Waals surface area contributed by atoms with Gasteiger partial charge in [-0.2, -0.15) is 0 Å². The van der Waals surface area contributed by atoms with E-state index in [4.69, 9.17) is 11.6 Å². The normalized spacial score (nSPS) is 22.8. The zero-order valence-corrected chi connectivity index (χ0v) is 13.2. The van der Waals surface area contributed by atoms with Crippen molar-refractivity contribution >= 4 is 29.1 Å². The van der Waals surface area contributed by atoms with Crippen LogP contribution >= 0.6 is 11.6 Å². The van der Waals surface area contributed by atoms with Gasteiger partial charge >= 0.3 is 0 Å². The number of halogens is 1. The Kier molecular flexibility index (Phi) is 4.64. The minimum Gasteiger partial charge on any atom is -0.341 e. The van der Waals surface area contributed by atoms with Gasteiger partial charge < -0.3 is 15.1 Å². The minimum atomic E-state index is -0.544. The second-order valence-corrected chi connectivity index (χ2v) is 6.18. The number of amides is 2. The van der Waals surface area contributed by atoms with Gasteiger partial charge in [0.25, 0.3) is 0 Å². The number of carbonyl (C=O) groups excluding carboxylic acids is 2. The van der Waals surface area contributed by atoms with Crippen LogP contribution in [0.25, 0.3) is 0 Å². The van der Waals surface area contributed by atoms with Crippen LogP contribution in [0.1, 0.15) is 12.8 Å². The first-order chi connectivity index (χ1) is 10.7. The molecule has 1 aromatic rings. The highest BCUT2D eigenvalue weighted by Crippen LogP contribution is 2.28. The lowest BCUT2D eigenvalue weighted by Crippen LogP contribution is -2.41. The molecule has 0 saturated carbocycles. The topological polar surface area (TPSA) is 52.7 Å². The van der Waals surface area contributed by atoms with E-state index in [0.717, 1.165) is 31.7 Å². The molecule has 2 fully saturated rings. The molecule has 0 aliphatic carbocycles. The Balaban J connectivity index is 1.71. The van der Waals surface area contributed by atoms with Crippen LogP contribution in [0.5, 0.6) is 0 Å². The number of benzene rings is 1. The van der Waals surface area contributed by atoms with E-state index in [9.17, 15) is 9.59 Å². The van der Waals surface area contributed by atoms with Gasteiger partial charge in [-0.05, 0) is 37.6 Å². The molecule has 118 valence electrons. The summed E-state index contributed by atoms with van der Waals surface area (Å²) < 4.78 is 0. The average molecular weight is 322 g/mol. The third-order valence-corrected chi connectivity index (χ3v) is 4.51. The predicted molar refractivity (Wildman–Crippen MR) is 86.0 cm³/mol. The summed E-state index contributed by atoms with van der Waals surface area (Å²) in [5.74, 6) is -0.681. The maximum Gasteiger partial charge on any atom is 0.239 e. The van der Waals surface area contributed by atoms with Crippen LogP contribution in [0.3, 0.4) is 0 Å². The van der Waals surface area contributed by atoms with Gasteiger partial charge in [0.1, 0.15) is 5.92 Å². The molecule has 5 nitrogen and oxygen atoms in total. The molecule has 1 aromatic carbocycles. The quantitative estimate of drug-likeness (QED) is 0.840. The maximum absolute atomic E-state index is 12.6. The fourth-order valence-electron chi connectivity index (χ4n) is 3.10. The molecule has 1 N–H and O–H groups in total. The fourth-order valence-corrected chi connectivity index (χ4v) is 3.28. The van der Waals surface area contributed by atoms with Crippen molar-refractivity contribution in [1.29, 1.82) is 0 Å². The smallest absolute Gasteiger partial charge is 0.239 e. The molecule has 22 heavy (non-hydrogen) atoms. The Morgan fingerprint density at radius 3 is 2.91 bits per heavy atom. The summed E-state index contributed by atoms with van der Waals surface area (Å²) in [7, 11) is 0. The summed E-state index contributed by atoms with van der Waals surface area (Å²) >= 11 is 5.99. The average Bonchev–Trinajstić information content (AvgIpc) is 2.73. The first kappa shape index (κ1) is 15.3. The highest BCUT2D eigenvalue weighted by molar-refractivity contribution is 6.31. The predicted octanol–water partition coefficient (Wildman–Crippen LogP) is 1.51. The van der Waals surface area contributed by atoms with Gasteiger partial charge in [0.2, 0.25) is 11.8 Å². The van der Waals surface area contributed by atoms with Crippen molar-refractivity contribution in [3.05, 3.63) is 29.3 Å². The minimum absolute atomic E-state index is 0.0294. The van der Waals surface area contributed by atoms with Gasteiger partial charge in [-0.3, -0.25) is 9.59 Å². The number of hydrogen-bond donors (Lipinski definition) is 1. The molecule has 0 aromatic heterocycles. The number of nitrogens with one attached hydrogen (secondary N) is 1. The van der Waals surface area contributed by atoms with Crippen LogP contribution in [0.15, 0.2) is 24.3 Å². The second-order valence-electron chi connectivity index (χ2n) is 5.74. The third kappa shape index (κ3) is 3.10. The monoisotopic (exact) mass is 321 g/mol. The molecular weight excluding hydrogens is 302 g/mol. The number of anilines is 1. The van der Waals surface area contributed by atoms with E-state index in [1.54, 1.807) is 17.0 Å². The summed E-state index contributed by atoms with van der Waals surface area (Å²) in [6, 6.07) is 7.22. The molecule has 1 atom stereocenters. The second kappa shape index (κ2) is 6.67. The largest absolute Gasteiger partial charge is 0.341 e. The van der Waals surface area contributed by atoms with Crippen molar-refractivity contribution in [1.82, 2.24) is 10.2 Å². The van der Waals surface area contributed by atoms with Crippen molar-refractivity contribution in [2.24, 2.45) is 5.92 Å². The van der Waals surface area contributed by atoms with E-state index in [1.165, 1.54) is 0 Å². The molecule has 1 unspecified atom stereocenters. The van der Waals surface area contributed by atoms with Crippen LogP contribution in [0, 0.1) is 5.92 Å². The summed E-state index contributed by atoms with van der Waals surface area (Å²) in [5, 5.41) is 3.87. The van der Waals surface area contributed by atoms with Crippen LogP contribution in [-0.2, 0) is 9.59 Å². The van der Waals surface area contributed by atoms with Crippen LogP contribution in [0.4, 0.5) is 5.69 Å². The molecule has 2 aliphatic rings. The Hall–Kier alpha value is -1.59. The van der Waals surface area contributed by atoms with Crippen molar-refractivity contribution in [3.63, 3.8) is 0 Å². The highest BCUT2D eigenvalue weighted by Gasteiger charge is 2.39. The Labute approximate surface area is 135 Å². The Morgan fingerprint density at radius 1 is 1.23 bits per heavy atom. The van der Waals surface area contributed by atoms with Crippen molar-refractivity contribution in [3.8, 4) is 0 Å². The van der Waals surface area contributed by atoms with E-state index in [-0.39, 0.29) is 11.8 Å². The summed E-state index contributed by atoms with van der Waals surface area (Å²) in [4.78, 5) is 28.7. The van der Waals surface area contributed by atoms with E-state index in [0.29, 0.717) is 24.5 Å². The maximum atomic E-state index is 12.6. The van der Waals surface area contributed by atoms with Crippen LogP contribution < -0.4 is 10.2 Å². The molecule has 0 bridgehead atoms. The third-order valence-electron chi connectivity index (χ3n) is 4.28. The summed E-state index contributed by atoms with van der Waals surface area (Å²) in [6.45, 7) is 3.70. The van der Waals surface area contributed by atoms with Gasteiger partial charge in [0.15, 0.2) is 0 Å². The van der Waals surface area contributed by atoms with E-state index in [2.05, 4.69) is 5.32 Å². The number of hydrogen-bond acceptors (Lipinski definition) is 3. The first-order valence-corrected chi connectivity index (χ1v) is 8.11. The van der Waals surface area contributed by atoms with Crippen molar-refractivity contribution < 1.29 is 9.59 Å². The Morgan fingerprint density at radius 2 is 2.09 bits per heavy atom. The highest BCUT2D eigenvalue weighted by atomic mass is 35.5. The number of rotatable bonds is 2. The van der Waals surface area contributed by atoms with Crippen molar-refractivity contribution in [2.75, 3.05) is 37.6 Å². The molecular formula is C16H20ClN3O2. The van der Waals surface area contributed by atoms with Crippen LogP contribution in [-0.4, -0.2) is 49.4 Å². The van der Waals surface area contributed by atoms with Gasteiger partial charge in [0.05, 0.1) is 0 Å². The standard InChI is InChI=1S/C16H20ClN3O2/c17-12-3-1-4-13(11-12)20-9-5-14(16(20)22)15(21)19-8-2-6-18-7-10-19/h1,3-4,11,14,18H,2,5-10H2. The first-order valence-electron chi connectivity index (χ1n) is 7.73. The van der Waals surface area contributed by atoms with E-state index in [1.807, 2.05) is 17.0 Å². The zero-order valence-electron chi connectivity index (χ0n) is 12.4. The lowest BCUT2D eigenvalue weighted by atomic mass is 10.1. The molecule has 0 radical (unpaired) electrons. The van der Waals surface area contributed by atoms with Crippen molar-refractivity contribution in [2.45, 2.75) is 12.8 Å². The van der Waals surface area contributed by atoms with E-state index >= 15 is 0 Å². The fraction of sp³-hybridized carbons (Fsp3) is 0.500. The zero-order chi connectivity index (χ0) is 15.5. The molecule has 2 aliphatic heterocycles. The van der Waals surface area contributed by atoms with E-state index < -0.39 is 5.92 Å². The summed E-state index contributed by atoms with van der Waals surface area (Å²) in [5.41, 5.74) is 0.769. The SMILES string of the molecule is O=C(C1CCN(c2cccc(Cl)c2)C1=O)N1CCCNCC1. The Bertz CT molecular complexity index is 570. The van der Waals surface area contributed by atoms with Gasteiger partial charge in [0, 0.05) is 36.9 Å². The molecule has 2 amide bonds. The molecule has 2 heterocycles. The molecule has 0 spiro atoms. The number of carbonyl (C=O) groups is 2. The van der Waals surface area contributed by atoms with Gasteiger partial charge in [-0.25, -0.2) is 0 Å². The van der Waals surface area contributed by atoms with Crippen LogP contribution in [0.2, 0.25) is 5.02 Å². The molecule has 6 heteroatoms. The van der Waals surface area contributed by atoms with Gasteiger partial charge in [-0.1, -0.05) is 17.7 Å². The molecule has 2 saturated heterocycles. The summed E-state index contributed by atoms with van der Waals surface area (Å²) in [6.07, 6.45) is 1.51.